The molecule has 1 aromatic heterocycles. The lowest BCUT2D eigenvalue weighted by Gasteiger charge is -2.24. The van der Waals surface area contributed by atoms with Crippen LogP contribution < -0.4 is 9.47 Å². The van der Waals surface area contributed by atoms with Gasteiger partial charge < -0.3 is 9.47 Å². The van der Waals surface area contributed by atoms with Crippen LogP contribution in [0.25, 0.3) is 0 Å². The van der Waals surface area contributed by atoms with Gasteiger partial charge >= 0.3 is 0 Å². The molecule has 1 aromatic carbocycles. The van der Waals surface area contributed by atoms with Crippen molar-refractivity contribution in [2.45, 2.75) is 6.10 Å². The molecule has 0 saturated carbocycles. The van der Waals surface area contributed by atoms with Crippen molar-refractivity contribution in [3.05, 3.63) is 34.8 Å². The highest BCUT2D eigenvalue weighted by Crippen LogP contribution is 2.35. The van der Waals surface area contributed by atoms with E-state index in [-0.39, 0.29) is 6.10 Å². The third kappa shape index (κ3) is 1.55. The van der Waals surface area contributed by atoms with Crippen LogP contribution in [-0.4, -0.2) is 16.8 Å². The van der Waals surface area contributed by atoms with Gasteiger partial charge in [-0.3, -0.25) is 0 Å². The van der Waals surface area contributed by atoms with Gasteiger partial charge in [-0.25, -0.2) is 0 Å². The first-order valence-corrected chi connectivity index (χ1v) is 5.46. The van der Waals surface area contributed by atoms with Gasteiger partial charge in [-0.05, 0) is 12.1 Å². The predicted molar refractivity (Wildman–Crippen MR) is 55.2 cm³/mol. The van der Waals surface area contributed by atoms with Gasteiger partial charge in [0.1, 0.15) is 12.1 Å². The molecule has 0 fully saturated rings. The van der Waals surface area contributed by atoms with E-state index < -0.39 is 0 Å². The zero-order valence-electron chi connectivity index (χ0n) is 7.79. The molecular weight excluding hydrogens is 212 g/mol. The van der Waals surface area contributed by atoms with Crippen molar-refractivity contribution < 1.29 is 9.47 Å². The Morgan fingerprint density at radius 3 is 2.93 bits per heavy atom. The van der Waals surface area contributed by atoms with Crippen LogP contribution in [-0.2, 0) is 0 Å². The third-order valence-corrected chi connectivity index (χ3v) is 2.95. The monoisotopic (exact) mass is 220 g/mol. The topological polar surface area (TPSA) is 44.2 Å². The summed E-state index contributed by atoms with van der Waals surface area (Å²) in [5.41, 5.74) is 1.69. The molecule has 0 spiro atoms. The normalized spacial score (nSPS) is 18.8. The molecule has 15 heavy (non-hydrogen) atoms. The summed E-state index contributed by atoms with van der Waals surface area (Å²) in [4.78, 5) is 0. The van der Waals surface area contributed by atoms with Crippen molar-refractivity contribution in [2.75, 3.05) is 6.61 Å². The number of nitrogens with zero attached hydrogens (tertiary/aromatic N) is 2. The van der Waals surface area contributed by atoms with Crippen LogP contribution in [0.5, 0.6) is 11.5 Å². The Labute approximate surface area is 90.5 Å². The van der Waals surface area contributed by atoms with Crippen LogP contribution >= 0.6 is 11.3 Å². The maximum Gasteiger partial charge on any atom is 0.186 e. The fraction of sp³-hybridized carbons (Fsp3) is 0.200. The summed E-state index contributed by atoms with van der Waals surface area (Å²) in [5, 5.41) is 8.61. The van der Waals surface area contributed by atoms with Crippen molar-refractivity contribution in [1.29, 1.82) is 0 Å². The first-order valence-electron chi connectivity index (χ1n) is 4.58. The number of rotatable bonds is 1. The van der Waals surface area contributed by atoms with Gasteiger partial charge in [-0.2, -0.15) is 0 Å². The average molecular weight is 220 g/mol. The standard InChI is InChI=1S/C10H8N2O2S/c1-2-4-8-7(3-1)13-5-9(14-8)10-12-11-6-15-10/h1-4,6,9H,5H2. The first-order chi connectivity index (χ1) is 7.43. The molecule has 0 N–H and O–H groups in total. The number of hydrogen-bond donors (Lipinski definition) is 0. The molecule has 2 aromatic rings. The van der Waals surface area contributed by atoms with Crippen molar-refractivity contribution in [1.82, 2.24) is 10.2 Å². The predicted octanol–water partition coefficient (Wildman–Crippen LogP) is 2.05. The van der Waals surface area contributed by atoms with Crippen molar-refractivity contribution in [3.63, 3.8) is 0 Å². The van der Waals surface area contributed by atoms with Crippen molar-refractivity contribution >= 4 is 11.3 Å². The zero-order valence-corrected chi connectivity index (χ0v) is 8.61. The molecule has 0 aliphatic carbocycles. The number of aromatic nitrogens is 2. The third-order valence-electron chi connectivity index (χ3n) is 2.16. The van der Waals surface area contributed by atoms with E-state index in [0.29, 0.717) is 6.61 Å². The van der Waals surface area contributed by atoms with Gasteiger partial charge in [-0.15, -0.1) is 21.5 Å². The number of hydrogen-bond acceptors (Lipinski definition) is 5. The number of para-hydroxylation sites is 2. The van der Waals surface area contributed by atoms with Crippen LogP contribution in [0, 0.1) is 0 Å². The Bertz CT molecular complexity index is 458. The van der Waals surface area contributed by atoms with Crippen LogP contribution in [0.3, 0.4) is 0 Å². The quantitative estimate of drug-likeness (QED) is 0.737. The summed E-state index contributed by atoms with van der Waals surface area (Å²) in [6.07, 6.45) is -0.132. The molecule has 2 heterocycles. The minimum Gasteiger partial charge on any atom is -0.485 e. The Morgan fingerprint density at radius 2 is 2.13 bits per heavy atom. The zero-order chi connectivity index (χ0) is 10.1. The van der Waals surface area contributed by atoms with Crippen LogP contribution in [0.4, 0.5) is 0 Å². The fourth-order valence-electron chi connectivity index (χ4n) is 1.46. The van der Waals surface area contributed by atoms with Gasteiger partial charge in [0.2, 0.25) is 0 Å². The van der Waals surface area contributed by atoms with E-state index >= 15 is 0 Å². The highest BCUT2D eigenvalue weighted by molar-refractivity contribution is 7.09. The van der Waals surface area contributed by atoms with E-state index in [1.54, 1.807) is 5.51 Å². The smallest absolute Gasteiger partial charge is 0.186 e. The Balaban J connectivity index is 1.89. The molecule has 3 rings (SSSR count). The van der Waals surface area contributed by atoms with Crippen molar-refractivity contribution in [2.24, 2.45) is 0 Å². The van der Waals surface area contributed by atoms with Gasteiger partial charge in [0.15, 0.2) is 22.6 Å². The molecule has 1 aliphatic heterocycles. The Kier molecular flexibility index (Phi) is 2.03. The Morgan fingerprint density at radius 1 is 1.27 bits per heavy atom. The van der Waals surface area contributed by atoms with Gasteiger partial charge in [0, 0.05) is 0 Å². The Hall–Kier alpha value is -1.62. The number of fused-ring (bicyclic) bond motifs is 1. The lowest BCUT2D eigenvalue weighted by molar-refractivity contribution is 0.0906. The van der Waals surface area contributed by atoms with Crippen LogP contribution in [0.2, 0.25) is 0 Å². The van der Waals surface area contributed by atoms with Gasteiger partial charge in [0.25, 0.3) is 0 Å². The lowest BCUT2D eigenvalue weighted by atomic mass is 10.3. The molecule has 0 bridgehead atoms. The summed E-state index contributed by atoms with van der Waals surface area (Å²) in [5.74, 6) is 1.56. The summed E-state index contributed by atoms with van der Waals surface area (Å²) in [6.45, 7) is 0.492. The highest BCUT2D eigenvalue weighted by Gasteiger charge is 2.24. The second-order valence-electron chi connectivity index (χ2n) is 3.14. The molecule has 0 saturated heterocycles. The lowest BCUT2D eigenvalue weighted by Crippen LogP contribution is -2.21. The SMILES string of the molecule is c1ccc2c(c1)OCC(c1nncs1)O2. The van der Waals surface area contributed by atoms with E-state index in [1.807, 2.05) is 24.3 Å². The van der Waals surface area contributed by atoms with E-state index in [0.717, 1.165) is 16.5 Å². The molecule has 1 atom stereocenters. The average Bonchev–Trinajstić information content (AvgIpc) is 2.82. The van der Waals surface area contributed by atoms with Crippen LogP contribution in [0.15, 0.2) is 29.8 Å². The molecule has 0 radical (unpaired) electrons. The summed E-state index contributed by atoms with van der Waals surface area (Å²) >= 11 is 1.48. The van der Waals surface area contributed by atoms with Gasteiger partial charge in [0.05, 0.1) is 0 Å². The molecule has 5 heteroatoms. The maximum atomic E-state index is 5.76. The second-order valence-corrected chi connectivity index (χ2v) is 4.01. The minimum absolute atomic E-state index is 0.132. The maximum absolute atomic E-state index is 5.76. The largest absolute Gasteiger partial charge is 0.485 e. The number of benzene rings is 1. The molecule has 1 aliphatic rings. The van der Waals surface area contributed by atoms with E-state index in [2.05, 4.69) is 10.2 Å². The summed E-state index contributed by atoms with van der Waals surface area (Å²) in [7, 11) is 0. The molecule has 1 unspecified atom stereocenters. The molecule has 76 valence electrons. The minimum atomic E-state index is -0.132. The summed E-state index contributed by atoms with van der Waals surface area (Å²) in [6, 6.07) is 7.63. The molecular formula is C10H8N2O2S. The highest BCUT2D eigenvalue weighted by atomic mass is 32.1. The van der Waals surface area contributed by atoms with Crippen LogP contribution in [0.1, 0.15) is 11.1 Å². The van der Waals surface area contributed by atoms with E-state index in [4.69, 9.17) is 9.47 Å². The fourth-order valence-corrected chi connectivity index (χ4v) is 2.03. The summed E-state index contributed by atoms with van der Waals surface area (Å²) < 4.78 is 11.3. The van der Waals surface area contributed by atoms with E-state index in [1.165, 1.54) is 11.3 Å². The second kappa shape index (κ2) is 3.51. The van der Waals surface area contributed by atoms with Gasteiger partial charge in [-0.1, -0.05) is 12.1 Å². The van der Waals surface area contributed by atoms with E-state index in [9.17, 15) is 0 Å². The first kappa shape index (κ1) is 8.67. The van der Waals surface area contributed by atoms with Crippen molar-refractivity contribution in [3.8, 4) is 11.5 Å². The molecule has 4 nitrogen and oxygen atoms in total. The molecule has 0 amide bonds. The number of ether oxygens (including phenoxy) is 2.